The summed E-state index contributed by atoms with van der Waals surface area (Å²) in [7, 11) is 0. The van der Waals surface area contributed by atoms with Gasteiger partial charge in [0, 0.05) is 0 Å². The lowest BCUT2D eigenvalue weighted by Crippen LogP contribution is -2.04. The van der Waals surface area contributed by atoms with Crippen LogP contribution in [0.4, 0.5) is 0 Å². The summed E-state index contributed by atoms with van der Waals surface area (Å²) < 4.78 is 0. The average molecular weight is 239 g/mol. The first-order valence-electron chi connectivity index (χ1n) is 7.23. The van der Waals surface area contributed by atoms with Crippen molar-refractivity contribution in [3.05, 3.63) is 48.0 Å². The highest BCUT2D eigenvalue weighted by molar-refractivity contribution is 5.85. The topological polar surface area (TPSA) is 0 Å². The largest absolute Gasteiger partial charge is 0.0654 e. The van der Waals surface area contributed by atoms with Crippen LogP contribution in [0.15, 0.2) is 36.4 Å². The first kappa shape index (κ1) is 13.1. The molecule has 0 saturated carbocycles. The third-order valence-electron chi connectivity index (χ3n) is 3.84. The molecule has 18 heavy (non-hydrogen) atoms. The molecule has 1 atom stereocenters. The Morgan fingerprint density at radius 3 is 2.72 bits per heavy atom. The second-order valence-electron chi connectivity index (χ2n) is 5.16. The van der Waals surface area contributed by atoms with Gasteiger partial charge in [-0.1, -0.05) is 75.9 Å². The fourth-order valence-corrected chi connectivity index (χ4v) is 2.63. The van der Waals surface area contributed by atoms with Crippen LogP contribution in [-0.4, -0.2) is 0 Å². The van der Waals surface area contributed by atoms with E-state index in [4.69, 9.17) is 0 Å². The van der Waals surface area contributed by atoms with Crippen LogP contribution in [0.3, 0.4) is 0 Å². The van der Waals surface area contributed by atoms with E-state index in [-0.39, 0.29) is 0 Å². The Hall–Kier alpha value is -1.30. The van der Waals surface area contributed by atoms with Gasteiger partial charge in [-0.15, -0.1) is 0 Å². The van der Waals surface area contributed by atoms with Gasteiger partial charge in [-0.2, -0.15) is 0 Å². The molecule has 2 aromatic carbocycles. The van der Waals surface area contributed by atoms with Crippen LogP contribution in [0.2, 0.25) is 0 Å². The second kappa shape index (κ2) is 6.58. The zero-order chi connectivity index (χ0) is 12.8. The predicted octanol–water partition coefficient (Wildman–Crippen LogP) is 5.40. The van der Waals surface area contributed by atoms with Crippen molar-refractivity contribution in [2.45, 2.75) is 46.0 Å². The summed E-state index contributed by atoms with van der Waals surface area (Å²) in [5.41, 5.74) is 1.40. The molecule has 0 aliphatic heterocycles. The van der Waals surface area contributed by atoms with Crippen LogP contribution in [0, 0.1) is 12.0 Å². The van der Waals surface area contributed by atoms with Crippen molar-refractivity contribution < 1.29 is 0 Å². The van der Waals surface area contributed by atoms with Crippen molar-refractivity contribution in [2.75, 3.05) is 0 Å². The third kappa shape index (κ3) is 3.13. The molecule has 2 rings (SSSR count). The molecule has 0 aliphatic carbocycles. The van der Waals surface area contributed by atoms with Crippen LogP contribution in [0.1, 0.15) is 45.1 Å². The summed E-state index contributed by atoms with van der Waals surface area (Å²) in [4.78, 5) is 0. The Balaban J connectivity index is 2.19. The molecule has 1 radical (unpaired) electrons. The molecular weight excluding hydrogens is 216 g/mol. The smallest absolute Gasteiger partial charge is 0.0142 e. The molecule has 95 valence electrons. The first-order valence-corrected chi connectivity index (χ1v) is 7.23. The Morgan fingerprint density at radius 1 is 1.11 bits per heavy atom. The fourth-order valence-electron chi connectivity index (χ4n) is 2.63. The van der Waals surface area contributed by atoms with Gasteiger partial charge in [0.05, 0.1) is 0 Å². The fraction of sp³-hybridized carbons (Fsp3) is 0.444. The van der Waals surface area contributed by atoms with Crippen molar-refractivity contribution in [3.63, 3.8) is 0 Å². The molecule has 0 heteroatoms. The molecule has 0 fully saturated rings. The van der Waals surface area contributed by atoms with Crippen molar-refractivity contribution in [2.24, 2.45) is 5.92 Å². The van der Waals surface area contributed by atoms with Crippen LogP contribution in [-0.2, 0) is 6.42 Å². The van der Waals surface area contributed by atoms with Crippen molar-refractivity contribution in [3.8, 4) is 0 Å². The van der Waals surface area contributed by atoms with E-state index in [0.717, 1.165) is 5.92 Å². The maximum absolute atomic E-state index is 3.45. The minimum atomic E-state index is 0.812. The van der Waals surface area contributed by atoms with E-state index in [1.165, 1.54) is 48.4 Å². The second-order valence-corrected chi connectivity index (χ2v) is 5.16. The first-order chi connectivity index (χ1) is 8.85. The molecule has 0 spiro atoms. The molecule has 0 N–H and O–H groups in total. The number of hydrogen-bond donors (Lipinski definition) is 0. The molecule has 0 aromatic heterocycles. The normalized spacial score (nSPS) is 12.8. The molecule has 0 bridgehead atoms. The lowest BCUT2D eigenvalue weighted by atomic mass is 9.90. The highest BCUT2D eigenvalue weighted by Crippen LogP contribution is 2.24. The van der Waals surface area contributed by atoms with Gasteiger partial charge >= 0.3 is 0 Å². The standard InChI is InChI=1S/C18H23/c1-3-5-9-15(4-2)14-17-12-8-11-16-10-6-7-13-18(16)17/h6-8,10-11,13,15H,3-5,9,14H2,1-2H3. The highest BCUT2D eigenvalue weighted by atomic mass is 14.1. The molecular formula is C18H23. The predicted molar refractivity (Wildman–Crippen MR) is 79.8 cm³/mol. The van der Waals surface area contributed by atoms with Crippen LogP contribution in [0.25, 0.3) is 10.8 Å². The van der Waals surface area contributed by atoms with E-state index >= 15 is 0 Å². The van der Waals surface area contributed by atoms with E-state index in [0.29, 0.717) is 0 Å². The summed E-state index contributed by atoms with van der Waals surface area (Å²) in [6.07, 6.45) is 6.46. The van der Waals surface area contributed by atoms with Crippen LogP contribution >= 0.6 is 0 Å². The minimum absolute atomic E-state index is 0.812. The van der Waals surface area contributed by atoms with Gasteiger partial charge in [-0.05, 0) is 34.7 Å². The van der Waals surface area contributed by atoms with Crippen LogP contribution in [0.5, 0.6) is 0 Å². The molecule has 0 heterocycles. The Labute approximate surface area is 111 Å². The van der Waals surface area contributed by atoms with Gasteiger partial charge in [0.1, 0.15) is 0 Å². The average Bonchev–Trinajstić information content (AvgIpc) is 2.43. The number of hydrogen-bond acceptors (Lipinski definition) is 0. The quantitative estimate of drug-likeness (QED) is 0.633. The maximum Gasteiger partial charge on any atom is -0.0142 e. The van der Waals surface area contributed by atoms with Gasteiger partial charge in [0.15, 0.2) is 0 Å². The van der Waals surface area contributed by atoms with Crippen molar-refractivity contribution in [1.82, 2.24) is 0 Å². The Bertz CT molecular complexity index is 479. The SMILES string of the molecule is CCCCC(CC)Cc1[c]ccc2ccccc12. The summed E-state index contributed by atoms with van der Waals surface area (Å²) in [6, 6.07) is 16.4. The molecule has 0 amide bonds. The zero-order valence-electron chi connectivity index (χ0n) is 11.6. The van der Waals surface area contributed by atoms with E-state index < -0.39 is 0 Å². The lowest BCUT2D eigenvalue weighted by Gasteiger charge is -2.15. The molecule has 1 unspecified atom stereocenters. The van der Waals surface area contributed by atoms with E-state index in [9.17, 15) is 0 Å². The van der Waals surface area contributed by atoms with Crippen LogP contribution < -0.4 is 0 Å². The summed E-state index contributed by atoms with van der Waals surface area (Å²) in [5.74, 6) is 0.812. The third-order valence-corrected chi connectivity index (χ3v) is 3.84. The molecule has 2 aromatic rings. The molecule has 0 nitrogen and oxygen atoms in total. The number of fused-ring (bicyclic) bond motifs is 1. The summed E-state index contributed by atoms with van der Waals surface area (Å²) >= 11 is 0. The minimum Gasteiger partial charge on any atom is -0.0654 e. The monoisotopic (exact) mass is 239 g/mol. The lowest BCUT2D eigenvalue weighted by molar-refractivity contribution is 0.450. The van der Waals surface area contributed by atoms with E-state index in [1.54, 1.807) is 0 Å². The number of rotatable bonds is 6. The maximum atomic E-state index is 3.45. The van der Waals surface area contributed by atoms with Crippen molar-refractivity contribution in [1.29, 1.82) is 0 Å². The van der Waals surface area contributed by atoms with Gasteiger partial charge in [-0.3, -0.25) is 0 Å². The van der Waals surface area contributed by atoms with Gasteiger partial charge in [-0.25, -0.2) is 0 Å². The number of benzene rings is 2. The van der Waals surface area contributed by atoms with E-state index in [2.05, 4.69) is 56.3 Å². The Morgan fingerprint density at radius 2 is 1.94 bits per heavy atom. The van der Waals surface area contributed by atoms with Gasteiger partial charge in [0.25, 0.3) is 0 Å². The highest BCUT2D eigenvalue weighted by Gasteiger charge is 2.09. The van der Waals surface area contributed by atoms with Gasteiger partial charge in [0.2, 0.25) is 0 Å². The van der Waals surface area contributed by atoms with E-state index in [1.807, 2.05) is 0 Å². The molecule has 0 aliphatic rings. The Kier molecular flexibility index (Phi) is 4.81. The zero-order valence-corrected chi connectivity index (χ0v) is 11.6. The van der Waals surface area contributed by atoms with Crippen molar-refractivity contribution >= 4 is 10.8 Å². The van der Waals surface area contributed by atoms with Gasteiger partial charge < -0.3 is 0 Å². The summed E-state index contributed by atoms with van der Waals surface area (Å²) in [6.45, 7) is 4.59. The number of unbranched alkanes of at least 4 members (excludes halogenated alkanes) is 1. The molecule has 0 saturated heterocycles. The summed E-state index contributed by atoms with van der Waals surface area (Å²) in [5, 5.41) is 2.73.